The lowest BCUT2D eigenvalue weighted by atomic mass is 9.81. The minimum atomic E-state index is -0.218. The second kappa shape index (κ2) is 8.29. The van der Waals surface area contributed by atoms with Crippen LogP contribution in [0.4, 0.5) is 10.7 Å². The number of methoxy groups -OCH3 is 1. The molecule has 1 aromatic heterocycles. The maximum atomic E-state index is 12.2. The Morgan fingerprint density at radius 1 is 1.29 bits per heavy atom. The summed E-state index contributed by atoms with van der Waals surface area (Å²) in [6.45, 7) is 1.28. The highest BCUT2D eigenvalue weighted by Crippen LogP contribution is 2.37. The van der Waals surface area contributed by atoms with Crippen molar-refractivity contribution >= 4 is 23.6 Å². The molecule has 28 heavy (non-hydrogen) atoms. The van der Waals surface area contributed by atoms with Crippen LogP contribution in [-0.2, 0) is 9.47 Å². The zero-order chi connectivity index (χ0) is 19.7. The maximum Gasteiger partial charge on any atom is 0.409 e. The second-order valence-electron chi connectivity index (χ2n) is 7.78. The molecule has 4 heterocycles. The molecule has 0 spiro atoms. The van der Waals surface area contributed by atoms with Gasteiger partial charge < -0.3 is 24.0 Å². The fourth-order valence-electron chi connectivity index (χ4n) is 4.62. The van der Waals surface area contributed by atoms with Gasteiger partial charge in [0.2, 0.25) is 11.8 Å². The normalized spacial score (nSPS) is 29.5. The van der Waals surface area contributed by atoms with E-state index in [2.05, 4.69) is 14.9 Å². The third-order valence-corrected chi connectivity index (χ3v) is 6.23. The molecule has 3 saturated heterocycles. The summed E-state index contributed by atoms with van der Waals surface area (Å²) in [4.78, 5) is 25.2. The number of piperidine rings is 2. The summed E-state index contributed by atoms with van der Waals surface area (Å²) in [5.74, 6) is 1.03. The number of carbonyl (C=O) groups is 1. The Hall–Kier alpha value is -1.80. The van der Waals surface area contributed by atoms with E-state index in [4.69, 9.17) is 25.8 Å². The first-order chi connectivity index (χ1) is 13.5. The number of hydrogen-bond donors (Lipinski definition) is 0. The molecule has 0 saturated carbocycles. The highest BCUT2D eigenvalue weighted by atomic mass is 35.5. The Labute approximate surface area is 170 Å². The number of amides is 1. The quantitative estimate of drug-likeness (QED) is 0.706. The van der Waals surface area contributed by atoms with Crippen molar-refractivity contribution in [3.63, 3.8) is 0 Å². The van der Waals surface area contributed by atoms with Gasteiger partial charge in [-0.3, -0.25) is 0 Å². The summed E-state index contributed by atoms with van der Waals surface area (Å²) in [5.41, 5.74) is 0. The number of anilines is 1. The summed E-state index contributed by atoms with van der Waals surface area (Å²) >= 11 is 6.24. The minimum absolute atomic E-state index is 0.00627. The first-order valence-electron chi connectivity index (χ1n) is 9.93. The van der Waals surface area contributed by atoms with E-state index in [0.717, 1.165) is 38.5 Å². The van der Waals surface area contributed by atoms with E-state index < -0.39 is 0 Å². The van der Waals surface area contributed by atoms with Crippen LogP contribution in [-0.4, -0.2) is 72.6 Å². The lowest BCUT2D eigenvalue weighted by Gasteiger charge is -2.49. The molecule has 1 amide bonds. The average molecular weight is 411 g/mol. The van der Waals surface area contributed by atoms with Crippen LogP contribution in [0, 0.1) is 0 Å². The molecular formula is C19H27ClN4O4. The van der Waals surface area contributed by atoms with E-state index in [9.17, 15) is 4.79 Å². The number of halogens is 1. The zero-order valence-electron chi connectivity index (χ0n) is 16.3. The Balaban J connectivity index is 1.49. The second-order valence-corrected chi connectivity index (χ2v) is 8.17. The van der Waals surface area contributed by atoms with Gasteiger partial charge in [-0.25, -0.2) is 9.78 Å². The summed E-state index contributed by atoms with van der Waals surface area (Å²) < 4.78 is 16.3. The molecule has 1 aromatic rings. The lowest BCUT2D eigenvalue weighted by molar-refractivity contribution is 0.0260. The molecule has 2 bridgehead atoms. The first kappa shape index (κ1) is 19.5. The maximum absolute atomic E-state index is 12.2. The van der Waals surface area contributed by atoms with Crippen LogP contribution >= 0.6 is 11.6 Å². The number of ether oxygens (including phenoxy) is 3. The fraction of sp³-hybridized carbons (Fsp3) is 0.737. The van der Waals surface area contributed by atoms with Crippen LogP contribution in [0.25, 0.3) is 0 Å². The molecule has 1 unspecified atom stereocenters. The van der Waals surface area contributed by atoms with Crippen molar-refractivity contribution in [1.82, 2.24) is 14.9 Å². The molecule has 4 atom stereocenters. The molecule has 3 fully saturated rings. The summed E-state index contributed by atoms with van der Waals surface area (Å²) in [7, 11) is 3.44. The predicted molar refractivity (Wildman–Crippen MR) is 104 cm³/mol. The number of aromatic nitrogens is 2. The Bertz CT molecular complexity index is 701. The summed E-state index contributed by atoms with van der Waals surface area (Å²) in [6, 6.07) is 2.26. The van der Waals surface area contributed by atoms with E-state index in [-0.39, 0.29) is 30.3 Å². The van der Waals surface area contributed by atoms with E-state index >= 15 is 0 Å². The van der Waals surface area contributed by atoms with Crippen molar-refractivity contribution in [2.45, 2.75) is 62.8 Å². The molecule has 3 aliphatic heterocycles. The van der Waals surface area contributed by atoms with Gasteiger partial charge >= 0.3 is 6.09 Å². The molecule has 4 rings (SSSR count). The number of hydrogen-bond acceptors (Lipinski definition) is 7. The van der Waals surface area contributed by atoms with Crippen molar-refractivity contribution in [2.24, 2.45) is 0 Å². The number of fused-ring (bicyclic) bond motifs is 2. The van der Waals surface area contributed by atoms with Crippen molar-refractivity contribution in [2.75, 3.05) is 32.3 Å². The molecule has 0 N–H and O–H groups in total. The third kappa shape index (κ3) is 3.98. The van der Waals surface area contributed by atoms with Gasteiger partial charge in [-0.15, -0.1) is 0 Å². The van der Waals surface area contributed by atoms with Gasteiger partial charge in [-0.2, -0.15) is 4.98 Å². The van der Waals surface area contributed by atoms with Gasteiger partial charge in [-0.05, 0) is 32.1 Å². The summed E-state index contributed by atoms with van der Waals surface area (Å²) in [6.07, 6.45) is 5.52. The molecule has 0 aromatic carbocycles. The predicted octanol–water partition coefficient (Wildman–Crippen LogP) is 2.89. The molecular weight excluding hydrogens is 384 g/mol. The van der Waals surface area contributed by atoms with Crippen LogP contribution in [0.5, 0.6) is 5.88 Å². The SMILES string of the molecule is COC(=O)N1[C@@H]2CCC[C@H]1CC(N(C)c1nc(Cl)cc(O[C@H]3CCOC3)n1)C2. The van der Waals surface area contributed by atoms with E-state index in [0.29, 0.717) is 30.2 Å². The summed E-state index contributed by atoms with van der Waals surface area (Å²) in [5, 5.41) is 0.359. The Morgan fingerprint density at radius 3 is 2.68 bits per heavy atom. The molecule has 0 aliphatic carbocycles. The fourth-order valence-corrected chi connectivity index (χ4v) is 4.78. The average Bonchev–Trinajstić information content (AvgIpc) is 3.18. The Morgan fingerprint density at radius 2 is 2.04 bits per heavy atom. The van der Waals surface area contributed by atoms with E-state index in [1.165, 1.54) is 7.11 Å². The molecule has 8 nitrogen and oxygen atoms in total. The van der Waals surface area contributed by atoms with Crippen LogP contribution in [0.15, 0.2) is 6.07 Å². The molecule has 9 heteroatoms. The standard InChI is InChI=1S/C19H27ClN4O4/c1-23(14-8-12-4-3-5-13(9-14)24(12)19(25)26-2)18-21-16(20)10-17(22-18)28-15-6-7-27-11-15/h10,12-15H,3-9,11H2,1-2H3/t12-,13+,14?,15-/m0/s1. The lowest BCUT2D eigenvalue weighted by Crippen LogP contribution is -2.58. The Kier molecular flexibility index (Phi) is 5.78. The van der Waals surface area contributed by atoms with Crippen LogP contribution in [0.1, 0.15) is 38.5 Å². The van der Waals surface area contributed by atoms with Crippen molar-refractivity contribution in [3.05, 3.63) is 11.2 Å². The van der Waals surface area contributed by atoms with Crippen molar-refractivity contribution in [3.8, 4) is 5.88 Å². The topological polar surface area (TPSA) is 77.0 Å². The van der Waals surface area contributed by atoms with Gasteiger partial charge in [0.1, 0.15) is 11.3 Å². The van der Waals surface area contributed by atoms with Gasteiger partial charge in [0, 0.05) is 37.7 Å². The highest BCUT2D eigenvalue weighted by molar-refractivity contribution is 6.29. The molecule has 154 valence electrons. The minimum Gasteiger partial charge on any atom is -0.472 e. The first-order valence-corrected chi connectivity index (χ1v) is 10.3. The van der Waals surface area contributed by atoms with Gasteiger partial charge in [0.15, 0.2) is 0 Å². The number of carbonyl (C=O) groups excluding carboxylic acids is 1. The van der Waals surface area contributed by atoms with Crippen LogP contribution in [0.2, 0.25) is 5.15 Å². The van der Waals surface area contributed by atoms with Crippen molar-refractivity contribution < 1.29 is 19.0 Å². The number of nitrogens with zero attached hydrogens (tertiary/aromatic N) is 4. The van der Waals surface area contributed by atoms with Crippen LogP contribution in [0.3, 0.4) is 0 Å². The van der Waals surface area contributed by atoms with Gasteiger partial charge in [-0.1, -0.05) is 11.6 Å². The van der Waals surface area contributed by atoms with Crippen LogP contribution < -0.4 is 9.64 Å². The molecule has 3 aliphatic rings. The van der Waals surface area contributed by atoms with Crippen molar-refractivity contribution in [1.29, 1.82) is 0 Å². The van der Waals surface area contributed by atoms with E-state index in [1.54, 1.807) is 6.07 Å². The zero-order valence-corrected chi connectivity index (χ0v) is 17.1. The molecule has 0 radical (unpaired) electrons. The van der Waals surface area contributed by atoms with Gasteiger partial charge in [0.05, 0.1) is 20.3 Å². The smallest absolute Gasteiger partial charge is 0.409 e. The third-order valence-electron chi connectivity index (χ3n) is 6.03. The van der Waals surface area contributed by atoms with Gasteiger partial charge in [0.25, 0.3) is 0 Å². The number of rotatable bonds is 4. The largest absolute Gasteiger partial charge is 0.472 e. The monoisotopic (exact) mass is 410 g/mol. The van der Waals surface area contributed by atoms with E-state index in [1.807, 2.05) is 11.9 Å². The highest BCUT2D eigenvalue weighted by Gasteiger charge is 2.43.